The molecular weight excluding hydrogens is 413 g/mol. The van der Waals surface area contributed by atoms with E-state index in [1.54, 1.807) is 0 Å². The van der Waals surface area contributed by atoms with E-state index >= 15 is 0 Å². The van der Waals surface area contributed by atoms with Crippen molar-refractivity contribution in [1.82, 2.24) is 5.43 Å². The third-order valence-corrected chi connectivity index (χ3v) is 4.44. The van der Waals surface area contributed by atoms with Crippen LogP contribution in [-0.2, 0) is 4.79 Å². The Labute approximate surface area is 156 Å². The molecule has 2 aromatic carbocycles. The van der Waals surface area contributed by atoms with Gasteiger partial charge >= 0.3 is 0 Å². The Morgan fingerprint density at radius 3 is 2.54 bits per heavy atom. The summed E-state index contributed by atoms with van der Waals surface area (Å²) in [5.41, 5.74) is 6.54. The summed E-state index contributed by atoms with van der Waals surface area (Å²) in [6.45, 7) is 5.90. The van der Waals surface area contributed by atoms with Crippen LogP contribution < -0.4 is 10.7 Å². The van der Waals surface area contributed by atoms with E-state index in [1.165, 1.54) is 3.57 Å². The van der Waals surface area contributed by atoms with Crippen molar-refractivity contribution in [1.29, 1.82) is 0 Å². The molecular formula is C19H22IN3O. The third-order valence-electron chi connectivity index (χ3n) is 3.77. The number of hydrogen-bond donors (Lipinski definition) is 2. The Hall–Kier alpha value is -1.89. The Balaban J connectivity index is 2.03. The monoisotopic (exact) mass is 435 g/mol. The summed E-state index contributed by atoms with van der Waals surface area (Å²) in [4.78, 5) is 12.4. The Bertz CT molecular complexity index is 729. The van der Waals surface area contributed by atoms with Crippen LogP contribution in [0.15, 0.2) is 53.6 Å². The van der Waals surface area contributed by atoms with Gasteiger partial charge < -0.3 is 5.32 Å². The number of nitrogens with zero attached hydrogens (tertiary/aromatic N) is 1. The van der Waals surface area contributed by atoms with Gasteiger partial charge in [-0.1, -0.05) is 37.3 Å². The highest BCUT2D eigenvalue weighted by atomic mass is 127. The van der Waals surface area contributed by atoms with Gasteiger partial charge in [-0.3, -0.25) is 4.79 Å². The zero-order valence-corrected chi connectivity index (χ0v) is 16.3. The predicted molar refractivity (Wildman–Crippen MR) is 108 cm³/mol. The van der Waals surface area contributed by atoms with E-state index in [0.717, 1.165) is 22.5 Å². The molecule has 0 radical (unpaired) electrons. The van der Waals surface area contributed by atoms with Crippen LogP contribution >= 0.6 is 22.6 Å². The van der Waals surface area contributed by atoms with Crippen molar-refractivity contribution in [3.63, 3.8) is 0 Å². The maximum absolute atomic E-state index is 12.4. The molecule has 0 aromatic heterocycles. The lowest BCUT2D eigenvalue weighted by atomic mass is 10.1. The van der Waals surface area contributed by atoms with Crippen LogP contribution in [0.5, 0.6) is 0 Å². The number of aryl methyl sites for hydroxylation is 1. The van der Waals surface area contributed by atoms with E-state index in [2.05, 4.69) is 44.5 Å². The molecule has 0 spiro atoms. The van der Waals surface area contributed by atoms with Crippen molar-refractivity contribution in [3.8, 4) is 0 Å². The number of carbonyl (C=O) groups is 1. The van der Waals surface area contributed by atoms with Gasteiger partial charge in [0.2, 0.25) is 0 Å². The van der Waals surface area contributed by atoms with Crippen molar-refractivity contribution >= 4 is 39.9 Å². The van der Waals surface area contributed by atoms with Crippen LogP contribution in [0, 0.1) is 10.5 Å². The number of benzene rings is 2. The van der Waals surface area contributed by atoms with Crippen molar-refractivity contribution in [3.05, 3.63) is 63.2 Å². The summed E-state index contributed by atoms with van der Waals surface area (Å²) in [7, 11) is 0. The molecule has 2 N–H and O–H groups in total. The van der Waals surface area contributed by atoms with Gasteiger partial charge in [0.25, 0.3) is 5.91 Å². The largest absolute Gasteiger partial charge is 0.373 e. The minimum absolute atomic E-state index is 0.134. The first-order valence-electron chi connectivity index (χ1n) is 7.93. The van der Waals surface area contributed by atoms with E-state index < -0.39 is 0 Å². The third kappa shape index (κ3) is 5.06. The fourth-order valence-electron chi connectivity index (χ4n) is 2.29. The number of hydrazone groups is 1. The lowest BCUT2D eigenvalue weighted by Gasteiger charge is -2.18. The van der Waals surface area contributed by atoms with Crippen LogP contribution in [0.25, 0.3) is 0 Å². The molecule has 126 valence electrons. The number of hydrogen-bond acceptors (Lipinski definition) is 3. The molecule has 1 amide bonds. The molecule has 0 bridgehead atoms. The number of carbonyl (C=O) groups excluding carboxylic acids is 1. The minimum Gasteiger partial charge on any atom is -0.373 e. The number of halogens is 1. The number of anilines is 1. The normalized spacial score (nSPS) is 12.6. The molecule has 5 heteroatoms. The Morgan fingerprint density at radius 1 is 1.21 bits per heavy atom. The smallest absolute Gasteiger partial charge is 0.262 e. The van der Waals surface area contributed by atoms with Gasteiger partial charge in [-0.2, -0.15) is 5.10 Å². The van der Waals surface area contributed by atoms with Crippen LogP contribution in [-0.4, -0.2) is 17.7 Å². The number of rotatable bonds is 6. The fourth-order valence-corrected chi connectivity index (χ4v) is 2.94. The second-order valence-electron chi connectivity index (χ2n) is 5.60. The van der Waals surface area contributed by atoms with E-state index in [4.69, 9.17) is 0 Å². The first-order valence-corrected chi connectivity index (χ1v) is 9.01. The van der Waals surface area contributed by atoms with E-state index in [9.17, 15) is 4.79 Å². The van der Waals surface area contributed by atoms with E-state index in [1.807, 2.05) is 63.2 Å². The molecule has 1 atom stereocenters. The average Bonchev–Trinajstić information content (AvgIpc) is 2.59. The first kappa shape index (κ1) is 18.4. The van der Waals surface area contributed by atoms with Crippen molar-refractivity contribution in [2.75, 3.05) is 5.32 Å². The second kappa shape index (κ2) is 8.82. The predicted octanol–water partition coefficient (Wildman–Crippen LogP) is 4.33. The SMILES string of the molecule is CCC(Nc1ccc(I)cc1C)C(=O)N/N=C(\C)c1ccccc1. The highest BCUT2D eigenvalue weighted by Crippen LogP contribution is 2.19. The van der Waals surface area contributed by atoms with E-state index in [0.29, 0.717) is 6.42 Å². The Morgan fingerprint density at radius 2 is 1.92 bits per heavy atom. The standard InChI is InChI=1S/C19H22IN3O/c1-4-17(21-18-11-10-16(20)12-13(18)2)19(24)23-22-14(3)15-8-6-5-7-9-15/h5-12,17,21H,4H2,1-3H3,(H,23,24)/b22-14+. The topological polar surface area (TPSA) is 53.5 Å². The minimum atomic E-state index is -0.323. The summed E-state index contributed by atoms with van der Waals surface area (Å²) in [5, 5.41) is 7.52. The zero-order chi connectivity index (χ0) is 17.5. The molecule has 0 aliphatic heterocycles. The van der Waals surface area contributed by atoms with E-state index in [-0.39, 0.29) is 11.9 Å². The van der Waals surface area contributed by atoms with Crippen LogP contribution in [0.1, 0.15) is 31.4 Å². The molecule has 0 saturated carbocycles. The van der Waals surface area contributed by atoms with Gasteiger partial charge in [0.05, 0.1) is 5.71 Å². The molecule has 0 heterocycles. The van der Waals surface area contributed by atoms with Gasteiger partial charge in [0, 0.05) is 9.26 Å². The lowest BCUT2D eigenvalue weighted by molar-refractivity contribution is -0.121. The molecule has 0 fully saturated rings. The molecule has 2 rings (SSSR count). The number of amides is 1. The second-order valence-corrected chi connectivity index (χ2v) is 6.85. The average molecular weight is 435 g/mol. The molecule has 0 saturated heterocycles. The highest BCUT2D eigenvalue weighted by Gasteiger charge is 2.16. The van der Waals surface area contributed by atoms with Crippen LogP contribution in [0.3, 0.4) is 0 Å². The highest BCUT2D eigenvalue weighted by molar-refractivity contribution is 14.1. The van der Waals surface area contributed by atoms with Crippen molar-refractivity contribution < 1.29 is 4.79 Å². The molecule has 1 unspecified atom stereocenters. The summed E-state index contributed by atoms with van der Waals surface area (Å²) in [6.07, 6.45) is 0.678. The summed E-state index contributed by atoms with van der Waals surface area (Å²) in [6, 6.07) is 15.6. The summed E-state index contributed by atoms with van der Waals surface area (Å²) in [5.74, 6) is -0.134. The zero-order valence-electron chi connectivity index (χ0n) is 14.1. The first-order chi connectivity index (χ1) is 11.5. The molecule has 0 aliphatic rings. The summed E-state index contributed by atoms with van der Waals surface area (Å²) < 4.78 is 1.18. The van der Waals surface area contributed by atoms with Gasteiger partial charge in [-0.15, -0.1) is 0 Å². The maximum Gasteiger partial charge on any atom is 0.262 e. The van der Waals surface area contributed by atoms with Crippen molar-refractivity contribution in [2.24, 2.45) is 5.10 Å². The molecule has 2 aromatic rings. The maximum atomic E-state index is 12.4. The van der Waals surface area contributed by atoms with Gasteiger partial charge in [0.1, 0.15) is 6.04 Å². The van der Waals surface area contributed by atoms with Gasteiger partial charge in [-0.25, -0.2) is 5.43 Å². The molecule has 0 aliphatic carbocycles. The van der Waals surface area contributed by atoms with Gasteiger partial charge in [0.15, 0.2) is 0 Å². The van der Waals surface area contributed by atoms with Gasteiger partial charge in [-0.05, 0) is 72.2 Å². The number of nitrogens with one attached hydrogen (secondary N) is 2. The van der Waals surface area contributed by atoms with Crippen LogP contribution in [0.2, 0.25) is 0 Å². The molecule has 24 heavy (non-hydrogen) atoms. The van der Waals surface area contributed by atoms with Crippen LogP contribution in [0.4, 0.5) is 5.69 Å². The van der Waals surface area contributed by atoms with Crippen molar-refractivity contribution in [2.45, 2.75) is 33.2 Å². The quantitative estimate of drug-likeness (QED) is 0.403. The summed E-state index contributed by atoms with van der Waals surface area (Å²) >= 11 is 2.28. The fraction of sp³-hybridized carbons (Fsp3) is 0.263. The lowest BCUT2D eigenvalue weighted by Crippen LogP contribution is -2.37. The molecule has 4 nitrogen and oxygen atoms in total. The Kier molecular flexibility index (Phi) is 6.78.